The van der Waals surface area contributed by atoms with Crippen molar-refractivity contribution in [2.75, 3.05) is 13.1 Å². The summed E-state index contributed by atoms with van der Waals surface area (Å²) in [7, 11) is 0. The summed E-state index contributed by atoms with van der Waals surface area (Å²) in [6, 6.07) is 0.901. The van der Waals surface area contributed by atoms with E-state index in [1.54, 1.807) is 0 Å². The van der Waals surface area contributed by atoms with Gasteiger partial charge in [-0.05, 0) is 44.9 Å². The van der Waals surface area contributed by atoms with Crippen LogP contribution in [0.1, 0.15) is 39.5 Å². The Balaban J connectivity index is 1.66. The van der Waals surface area contributed by atoms with Crippen molar-refractivity contribution in [1.29, 1.82) is 0 Å². The minimum Gasteiger partial charge on any atom is -0.373 e. The predicted molar refractivity (Wildman–Crippen MR) is 60.8 cm³/mol. The maximum absolute atomic E-state index is 5.81. The molecule has 0 radical (unpaired) electrons. The van der Waals surface area contributed by atoms with Crippen molar-refractivity contribution >= 4 is 0 Å². The quantitative estimate of drug-likeness (QED) is 0.657. The average molecular weight is 209 g/mol. The SMILES string of the molecule is C[C@@H]1CN([C@@H]2C[C@@H]3CC[C@@H]2C3)C[C@H](C)O1. The summed E-state index contributed by atoms with van der Waals surface area (Å²) in [5, 5.41) is 0. The molecule has 3 rings (SSSR count). The first-order valence-electron chi connectivity index (χ1n) is 6.62. The van der Waals surface area contributed by atoms with Crippen LogP contribution in [-0.4, -0.2) is 36.2 Å². The van der Waals surface area contributed by atoms with E-state index in [1.165, 1.54) is 25.7 Å². The molecule has 2 aliphatic carbocycles. The number of rotatable bonds is 1. The topological polar surface area (TPSA) is 12.5 Å². The summed E-state index contributed by atoms with van der Waals surface area (Å²) in [4.78, 5) is 2.72. The highest BCUT2D eigenvalue weighted by Crippen LogP contribution is 2.47. The number of ether oxygens (including phenoxy) is 1. The van der Waals surface area contributed by atoms with E-state index in [0.717, 1.165) is 31.0 Å². The van der Waals surface area contributed by atoms with Gasteiger partial charge in [0.15, 0.2) is 0 Å². The first-order chi connectivity index (χ1) is 7.22. The molecule has 3 fully saturated rings. The molecule has 0 aromatic heterocycles. The molecule has 5 atom stereocenters. The second-order valence-corrected chi connectivity index (χ2v) is 5.95. The molecule has 0 unspecified atom stereocenters. The van der Waals surface area contributed by atoms with Crippen LogP contribution in [-0.2, 0) is 4.74 Å². The summed E-state index contributed by atoms with van der Waals surface area (Å²) < 4.78 is 5.81. The van der Waals surface area contributed by atoms with Crippen LogP contribution in [0.3, 0.4) is 0 Å². The Morgan fingerprint density at radius 2 is 1.73 bits per heavy atom. The van der Waals surface area contributed by atoms with Crippen molar-refractivity contribution in [2.24, 2.45) is 11.8 Å². The van der Waals surface area contributed by atoms with Gasteiger partial charge < -0.3 is 4.74 Å². The predicted octanol–water partition coefficient (Wildman–Crippen LogP) is 2.28. The number of hydrogen-bond donors (Lipinski definition) is 0. The van der Waals surface area contributed by atoms with Gasteiger partial charge in [-0.3, -0.25) is 4.90 Å². The van der Waals surface area contributed by atoms with Crippen molar-refractivity contribution in [3.63, 3.8) is 0 Å². The molecule has 2 bridgehead atoms. The summed E-state index contributed by atoms with van der Waals surface area (Å²) in [5.74, 6) is 2.08. The fourth-order valence-corrected chi connectivity index (χ4v) is 4.15. The molecular formula is C13H23NO. The van der Waals surface area contributed by atoms with E-state index in [-0.39, 0.29) is 0 Å². The highest BCUT2D eigenvalue weighted by atomic mass is 16.5. The maximum Gasteiger partial charge on any atom is 0.0678 e. The van der Waals surface area contributed by atoms with Gasteiger partial charge in [0.2, 0.25) is 0 Å². The molecule has 0 amide bonds. The van der Waals surface area contributed by atoms with Crippen molar-refractivity contribution in [1.82, 2.24) is 4.90 Å². The van der Waals surface area contributed by atoms with Crippen LogP contribution in [0.5, 0.6) is 0 Å². The second-order valence-electron chi connectivity index (χ2n) is 5.95. The fourth-order valence-electron chi connectivity index (χ4n) is 4.15. The zero-order valence-electron chi connectivity index (χ0n) is 9.98. The van der Waals surface area contributed by atoms with Gasteiger partial charge in [-0.25, -0.2) is 0 Å². The Morgan fingerprint density at radius 3 is 2.27 bits per heavy atom. The van der Waals surface area contributed by atoms with E-state index in [4.69, 9.17) is 4.74 Å². The molecular weight excluding hydrogens is 186 g/mol. The van der Waals surface area contributed by atoms with E-state index in [0.29, 0.717) is 12.2 Å². The summed E-state index contributed by atoms with van der Waals surface area (Å²) in [6.45, 7) is 6.77. The fraction of sp³-hybridized carbons (Fsp3) is 1.00. The molecule has 0 aromatic carbocycles. The van der Waals surface area contributed by atoms with E-state index in [9.17, 15) is 0 Å². The summed E-state index contributed by atoms with van der Waals surface area (Å²) in [6.07, 6.45) is 6.88. The smallest absolute Gasteiger partial charge is 0.0678 e. The Kier molecular flexibility index (Phi) is 2.52. The standard InChI is InChI=1S/C13H23NO/c1-9-7-14(8-10(2)15-9)13-6-11-3-4-12(13)5-11/h9-13H,3-8H2,1-2H3/t9-,10+,11-,12-,13-/m1/s1. The molecule has 15 heavy (non-hydrogen) atoms. The molecule has 1 heterocycles. The van der Waals surface area contributed by atoms with E-state index in [1.807, 2.05) is 0 Å². The average Bonchev–Trinajstić information content (AvgIpc) is 2.76. The molecule has 3 aliphatic rings. The maximum atomic E-state index is 5.81. The molecule has 2 nitrogen and oxygen atoms in total. The Bertz CT molecular complexity index is 233. The molecule has 1 aliphatic heterocycles. The van der Waals surface area contributed by atoms with Gasteiger partial charge in [0.25, 0.3) is 0 Å². The van der Waals surface area contributed by atoms with Gasteiger partial charge in [-0.2, -0.15) is 0 Å². The number of hydrogen-bond acceptors (Lipinski definition) is 2. The van der Waals surface area contributed by atoms with Crippen LogP contribution < -0.4 is 0 Å². The molecule has 2 heteroatoms. The summed E-state index contributed by atoms with van der Waals surface area (Å²) >= 11 is 0. The van der Waals surface area contributed by atoms with E-state index in [2.05, 4.69) is 18.7 Å². The van der Waals surface area contributed by atoms with Gasteiger partial charge in [0.05, 0.1) is 12.2 Å². The zero-order chi connectivity index (χ0) is 10.4. The molecule has 0 aromatic rings. The number of nitrogens with zero attached hydrogens (tertiary/aromatic N) is 1. The largest absolute Gasteiger partial charge is 0.373 e. The monoisotopic (exact) mass is 209 g/mol. The first kappa shape index (κ1) is 10.1. The molecule has 86 valence electrons. The lowest BCUT2D eigenvalue weighted by Crippen LogP contribution is -2.51. The van der Waals surface area contributed by atoms with E-state index < -0.39 is 0 Å². The third-order valence-electron chi connectivity index (χ3n) is 4.62. The van der Waals surface area contributed by atoms with Crippen LogP contribution in [0, 0.1) is 11.8 Å². The van der Waals surface area contributed by atoms with Gasteiger partial charge >= 0.3 is 0 Å². The van der Waals surface area contributed by atoms with Gasteiger partial charge in [-0.1, -0.05) is 6.42 Å². The van der Waals surface area contributed by atoms with Crippen molar-refractivity contribution < 1.29 is 4.74 Å². The number of fused-ring (bicyclic) bond motifs is 2. The molecule has 2 saturated carbocycles. The lowest BCUT2D eigenvalue weighted by molar-refractivity contribution is -0.0862. The van der Waals surface area contributed by atoms with Gasteiger partial charge in [0, 0.05) is 19.1 Å². The van der Waals surface area contributed by atoms with Crippen LogP contribution in [0.25, 0.3) is 0 Å². The lowest BCUT2D eigenvalue weighted by atomic mass is 9.93. The van der Waals surface area contributed by atoms with Crippen LogP contribution in [0.2, 0.25) is 0 Å². The normalized spacial score (nSPS) is 51.2. The van der Waals surface area contributed by atoms with Crippen molar-refractivity contribution in [3.8, 4) is 0 Å². The summed E-state index contributed by atoms with van der Waals surface area (Å²) in [5.41, 5.74) is 0. The Morgan fingerprint density at radius 1 is 1.00 bits per heavy atom. The van der Waals surface area contributed by atoms with E-state index >= 15 is 0 Å². The highest BCUT2D eigenvalue weighted by molar-refractivity contribution is 4.96. The molecule has 1 saturated heterocycles. The molecule has 0 spiro atoms. The third kappa shape index (κ3) is 1.83. The van der Waals surface area contributed by atoms with Crippen LogP contribution in [0.4, 0.5) is 0 Å². The first-order valence-corrected chi connectivity index (χ1v) is 6.62. The van der Waals surface area contributed by atoms with Gasteiger partial charge in [0.1, 0.15) is 0 Å². The van der Waals surface area contributed by atoms with Crippen LogP contribution in [0.15, 0.2) is 0 Å². The van der Waals surface area contributed by atoms with Crippen LogP contribution >= 0.6 is 0 Å². The Labute approximate surface area is 93.0 Å². The second kappa shape index (κ2) is 3.74. The third-order valence-corrected chi connectivity index (χ3v) is 4.62. The lowest BCUT2D eigenvalue weighted by Gasteiger charge is -2.41. The highest BCUT2D eigenvalue weighted by Gasteiger charge is 2.43. The zero-order valence-corrected chi connectivity index (χ0v) is 9.98. The number of morpholine rings is 1. The minimum absolute atomic E-state index is 0.438. The molecule has 0 N–H and O–H groups in total. The van der Waals surface area contributed by atoms with Gasteiger partial charge in [-0.15, -0.1) is 0 Å². The minimum atomic E-state index is 0.438. The Hall–Kier alpha value is -0.0800. The van der Waals surface area contributed by atoms with Crippen molar-refractivity contribution in [3.05, 3.63) is 0 Å². The van der Waals surface area contributed by atoms with Crippen molar-refractivity contribution in [2.45, 2.75) is 57.8 Å².